The molecular weight excluding hydrogens is 709 g/mol. The van der Waals surface area contributed by atoms with Gasteiger partial charge in [0, 0.05) is 43.3 Å². The first-order chi connectivity index (χ1) is 28.1. The number of rotatable bonds is 2. The van der Waals surface area contributed by atoms with E-state index in [0.29, 0.717) is 23.7 Å². The van der Waals surface area contributed by atoms with Gasteiger partial charge in [-0.3, -0.25) is 0 Å². The zero-order valence-electron chi connectivity index (χ0n) is 32.3. The third-order valence-corrected chi connectivity index (χ3v) is 16.6. The molecule has 4 bridgehead atoms. The molecule has 2 fully saturated rings. The quantitative estimate of drug-likeness (QED) is 0.164. The Kier molecular flexibility index (Phi) is 6.79. The number of fused-ring (bicyclic) bond motifs is 14. The van der Waals surface area contributed by atoms with Gasteiger partial charge in [-0.15, -0.1) is 11.3 Å². The second kappa shape index (κ2) is 11.8. The third-order valence-electron chi connectivity index (χ3n) is 15.5. The van der Waals surface area contributed by atoms with Gasteiger partial charge in [-0.05, 0) is 101 Å². The van der Waals surface area contributed by atoms with Crippen molar-refractivity contribution in [2.24, 2.45) is 17.8 Å². The molecule has 1 spiro atoms. The highest BCUT2D eigenvalue weighted by atomic mass is 32.1. The standard InChI is InChI=1S/C54H44N2S/c1-53-42-21-8-6-18-38(42)40-30-46-41(31-45(40)53)48-37(20-13-22-43(48)54(46)26-10-3-11-27-54)34-17-12-16-33(28-34)36-25-24-35(29-44(36)53)51-55-50(32-14-4-2-5-15-32)49-39-19-7-9-23-47(39)57-52(49)56-51/h2,4-9,12-17,19-25,28-30,38,40-41,45H,3,10-11,18,26-27,31H2,1H3. The maximum atomic E-state index is 5.51. The second-order valence-corrected chi connectivity index (χ2v) is 19.0. The zero-order valence-corrected chi connectivity index (χ0v) is 33.2. The average molecular weight is 753 g/mol. The van der Waals surface area contributed by atoms with Crippen LogP contribution in [0.3, 0.4) is 0 Å². The van der Waals surface area contributed by atoms with E-state index in [2.05, 4.69) is 146 Å². The van der Waals surface area contributed by atoms with Crippen LogP contribution < -0.4 is 0 Å². The summed E-state index contributed by atoms with van der Waals surface area (Å²) >= 11 is 1.78. The van der Waals surface area contributed by atoms with Crippen LogP contribution in [0.4, 0.5) is 0 Å². The lowest BCUT2D eigenvalue weighted by atomic mass is 9.60. The van der Waals surface area contributed by atoms with E-state index in [4.69, 9.17) is 9.97 Å². The van der Waals surface area contributed by atoms with Gasteiger partial charge in [0.15, 0.2) is 5.82 Å². The van der Waals surface area contributed by atoms with E-state index in [0.717, 1.165) is 39.3 Å². The van der Waals surface area contributed by atoms with E-state index in [-0.39, 0.29) is 10.8 Å². The predicted molar refractivity (Wildman–Crippen MR) is 237 cm³/mol. The number of hydrogen-bond acceptors (Lipinski definition) is 3. The normalized spacial score (nSPS) is 25.8. The topological polar surface area (TPSA) is 25.8 Å². The Morgan fingerprint density at radius 1 is 0.684 bits per heavy atom. The SMILES string of the molecule is CC12C3=CC=CCC3C3C=C4C(CC31)c1c(cccc1C41CCCCC1)-c1cccc(c1)-c1ccc(-c3nc(-c4ccccc4)c4c(n3)sc3ccccc34)cc12. The minimum absolute atomic E-state index is 0.158. The number of aromatic nitrogens is 2. The lowest BCUT2D eigenvalue weighted by Gasteiger charge is -2.44. The summed E-state index contributed by atoms with van der Waals surface area (Å²) < 4.78 is 1.25. The first kappa shape index (κ1) is 32.7. The first-order valence-electron chi connectivity index (χ1n) is 21.3. The molecule has 0 amide bonds. The van der Waals surface area contributed by atoms with Gasteiger partial charge in [0.05, 0.1) is 5.69 Å². The number of thiophene rings is 1. The van der Waals surface area contributed by atoms with Crippen molar-refractivity contribution in [2.45, 2.75) is 68.6 Å². The van der Waals surface area contributed by atoms with Gasteiger partial charge in [0.2, 0.25) is 0 Å². The number of nitrogens with zero attached hydrogens (tertiary/aromatic N) is 2. The smallest absolute Gasteiger partial charge is 0.161 e. The molecule has 2 nitrogen and oxygen atoms in total. The molecule has 0 saturated heterocycles. The Morgan fingerprint density at radius 3 is 2.39 bits per heavy atom. The van der Waals surface area contributed by atoms with Crippen LogP contribution in [-0.4, -0.2) is 9.97 Å². The summed E-state index contributed by atoms with van der Waals surface area (Å²) in [6.07, 6.45) is 19.2. The number of hydrogen-bond donors (Lipinski definition) is 0. The molecule has 6 aliphatic rings. The van der Waals surface area contributed by atoms with E-state index in [9.17, 15) is 0 Å². The average Bonchev–Trinajstić information content (AvgIpc) is 3.87. The monoisotopic (exact) mass is 752 g/mol. The summed E-state index contributed by atoms with van der Waals surface area (Å²) in [6.45, 7) is 2.63. The highest BCUT2D eigenvalue weighted by Crippen LogP contribution is 2.69. The summed E-state index contributed by atoms with van der Waals surface area (Å²) in [5, 5.41) is 2.38. The molecule has 0 N–H and O–H groups in total. The van der Waals surface area contributed by atoms with Crippen molar-refractivity contribution in [3.05, 3.63) is 167 Å². The first-order valence-corrected chi connectivity index (χ1v) is 22.1. The van der Waals surface area contributed by atoms with Crippen LogP contribution in [-0.2, 0) is 10.8 Å². The molecule has 6 aliphatic carbocycles. The number of benzene rings is 5. The highest BCUT2D eigenvalue weighted by molar-refractivity contribution is 7.25. The number of allylic oxidation sites excluding steroid dienone is 6. The van der Waals surface area contributed by atoms with E-state index in [1.807, 2.05) is 0 Å². The van der Waals surface area contributed by atoms with Gasteiger partial charge < -0.3 is 0 Å². The van der Waals surface area contributed by atoms with Crippen molar-refractivity contribution in [1.82, 2.24) is 9.97 Å². The molecular formula is C54H44N2S. The fourth-order valence-electron chi connectivity index (χ4n) is 13.2. The van der Waals surface area contributed by atoms with Gasteiger partial charge in [0.25, 0.3) is 0 Å². The van der Waals surface area contributed by atoms with Gasteiger partial charge in [-0.2, -0.15) is 0 Å². The molecule has 5 atom stereocenters. The van der Waals surface area contributed by atoms with E-state index in [1.165, 1.54) is 76.4 Å². The third kappa shape index (κ3) is 4.36. The summed E-state index contributed by atoms with van der Waals surface area (Å²) in [5.41, 5.74) is 16.9. The van der Waals surface area contributed by atoms with Crippen LogP contribution in [0.15, 0.2) is 151 Å². The van der Waals surface area contributed by atoms with Gasteiger partial charge in [-0.1, -0.05) is 159 Å². The second-order valence-electron chi connectivity index (χ2n) is 18.0. The summed E-state index contributed by atoms with van der Waals surface area (Å²) in [5.74, 6) is 2.79. The summed E-state index contributed by atoms with van der Waals surface area (Å²) in [6, 6.07) is 43.6. The van der Waals surface area contributed by atoms with Crippen LogP contribution in [0.1, 0.15) is 74.5 Å². The highest BCUT2D eigenvalue weighted by Gasteiger charge is 2.60. The van der Waals surface area contributed by atoms with E-state index >= 15 is 0 Å². The summed E-state index contributed by atoms with van der Waals surface area (Å²) in [7, 11) is 0. The lowest BCUT2D eigenvalue weighted by molar-refractivity contribution is 0.250. The van der Waals surface area contributed by atoms with E-state index in [1.54, 1.807) is 33.6 Å². The summed E-state index contributed by atoms with van der Waals surface area (Å²) in [4.78, 5) is 12.0. The van der Waals surface area contributed by atoms with Crippen molar-refractivity contribution in [3.63, 3.8) is 0 Å². The van der Waals surface area contributed by atoms with Gasteiger partial charge in [-0.25, -0.2) is 9.97 Å². The largest absolute Gasteiger partial charge is 0.227 e. The molecule has 276 valence electrons. The molecule has 13 rings (SSSR count). The van der Waals surface area contributed by atoms with Crippen LogP contribution in [0, 0.1) is 17.8 Å². The van der Waals surface area contributed by atoms with Crippen LogP contribution in [0.5, 0.6) is 0 Å². The van der Waals surface area contributed by atoms with Gasteiger partial charge in [0.1, 0.15) is 4.83 Å². The molecule has 5 aromatic carbocycles. The fraction of sp³-hybridized carbons (Fsp3) is 0.259. The molecule has 7 aromatic rings. The minimum atomic E-state index is -0.158. The molecule has 0 radical (unpaired) electrons. The minimum Gasteiger partial charge on any atom is -0.227 e. The van der Waals surface area contributed by atoms with Crippen molar-refractivity contribution >= 4 is 31.6 Å². The van der Waals surface area contributed by atoms with Crippen LogP contribution in [0.25, 0.3) is 65.2 Å². The Morgan fingerprint density at radius 2 is 1.49 bits per heavy atom. The molecule has 5 unspecified atom stereocenters. The Balaban J connectivity index is 1.09. The Labute approximate surface area is 338 Å². The Bertz CT molecular complexity index is 2940. The lowest BCUT2D eigenvalue weighted by Crippen LogP contribution is -2.37. The molecule has 3 heteroatoms. The van der Waals surface area contributed by atoms with Crippen molar-refractivity contribution < 1.29 is 0 Å². The zero-order chi connectivity index (χ0) is 37.5. The molecule has 2 aromatic heterocycles. The maximum Gasteiger partial charge on any atom is 0.161 e. The predicted octanol–water partition coefficient (Wildman–Crippen LogP) is 14.2. The molecule has 0 aliphatic heterocycles. The molecule has 2 heterocycles. The molecule has 2 saturated carbocycles. The Hall–Kier alpha value is -5.38. The van der Waals surface area contributed by atoms with Gasteiger partial charge >= 0.3 is 0 Å². The van der Waals surface area contributed by atoms with E-state index < -0.39 is 0 Å². The van der Waals surface area contributed by atoms with Crippen LogP contribution >= 0.6 is 11.3 Å². The van der Waals surface area contributed by atoms with Crippen molar-refractivity contribution in [3.8, 4) is 44.9 Å². The van der Waals surface area contributed by atoms with Crippen molar-refractivity contribution in [1.29, 1.82) is 0 Å². The van der Waals surface area contributed by atoms with Crippen LogP contribution in [0.2, 0.25) is 0 Å². The fourth-order valence-corrected chi connectivity index (χ4v) is 14.2. The van der Waals surface area contributed by atoms with Crippen molar-refractivity contribution in [2.75, 3.05) is 0 Å². The maximum absolute atomic E-state index is 5.51. The molecule has 57 heavy (non-hydrogen) atoms.